The van der Waals surface area contributed by atoms with Crippen molar-refractivity contribution >= 4 is 18.2 Å². The lowest BCUT2D eigenvalue weighted by Gasteiger charge is -2.09. The molecule has 4 heteroatoms. The fraction of sp³-hybridized carbons (Fsp3) is 0.417. The predicted octanol–water partition coefficient (Wildman–Crippen LogP) is 1.59. The fourth-order valence-electron chi connectivity index (χ4n) is 1.84. The molecule has 2 rings (SSSR count). The molecule has 1 aromatic carbocycles. The third kappa shape index (κ3) is 2.97. The summed E-state index contributed by atoms with van der Waals surface area (Å²) < 4.78 is 5.08. The topological polar surface area (TPSA) is 38.3 Å². The van der Waals surface area contributed by atoms with Gasteiger partial charge in [0.05, 0.1) is 13.2 Å². The number of hydrogen-bond acceptors (Lipinski definition) is 3. The zero-order valence-electron chi connectivity index (χ0n) is 9.23. The Bertz CT molecular complexity index is 351. The first kappa shape index (κ1) is 13.0. The second-order valence-corrected chi connectivity index (χ2v) is 3.78. The number of carbonyl (C=O) groups excluding carboxylic acids is 1. The van der Waals surface area contributed by atoms with E-state index in [2.05, 4.69) is 5.32 Å². The van der Waals surface area contributed by atoms with Crippen molar-refractivity contribution in [3.8, 4) is 5.75 Å². The second-order valence-electron chi connectivity index (χ2n) is 3.78. The highest BCUT2D eigenvalue weighted by atomic mass is 35.5. The van der Waals surface area contributed by atoms with E-state index in [-0.39, 0.29) is 18.4 Å². The van der Waals surface area contributed by atoms with E-state index in [1.165, 1.54) is 5.56 Å². The smallest absolute Gasteiger partial charge is 0.151 e. The highest BCUT2D eigenvalue weighted by molar-refractivity contribution is 5.86. The van der Waals surface area contributed by atoms with E-state index < -0.39 is 0 Å². The maximum atomic E-state index is 11.4. The van der Waals surface area contributed by atoms with E-state index in [1.807, 2.05) is 24.3 Å². The summed E-state index contributed by atoms with van der Waals surface area (Å²) >= 11 is 0. The van der Waals surface area contributed by atoms with Crippen molar-refractivity contribution in [3.05, 3.63) is 29.8 Å². The van der Waals surface area contributed by atoms with Gasteiger partial charge in [-0.2, -0.15) is 0 Å². The minimum absolute atomic E-state index is 0. The predicted molar refractivity (Wildman–Crippen MR) is 65.4 cm³/mol. The van der Waals surface area contributed by atoms with Crippen molar-refractivity contribution in [2.75, 3.05) is 13.7 Å². The number of carbonyl (C=O) groups is 1. The molecule has 1 aromatic rings. The van der Waals surface area contributed by atoms with Gasteiger partial charge in [0.15, 0.2) is 5.78 Å². The summed E-state index contributed by atoms with van der Waals surface area (Å²) in [5.41, 5.74) is 1.17. The largest absolute Gasteiger partial charge is 0.497 e. The summed E-state index contributed by atoms with van der Waals surface area (Å²) in [7, 11) is 1.65. The van der Waals surface area contributed by atoms with Crippen molar-refractivity contribution in [2.45, 2.75) is 18.9 Å². The third-order valence-electron chi connectivity index (χ3n) is 2.75. The zero-order valence-corrected chi connectivity index (χ0v) is 10.0. The molecule has 1 atom stereocenters. The highest BCUT2D eigenvalue weighted by Crippen LogP contribution is 2.14. The summed E-state index contributed by atoms with van der Waals surface area (Å²) in [4.78, 5) is 11.4. The Kier molecular flexibility index (Phi) is 4.77. The van der Waals surface area contributed by atoms with Gasteiger partial charge in [0.2, 0.25) is 0 Å². The van der Waals surface area contributed by atoms with Crippen LogP contribution in [-0.2, 0) is 11.2 Å². The molecular weight excluding hydrogens is 226 g/mol. The minimum Gasteiger partial charge on any atom is -0.497 e. The van der Waals surface area contributed by atoms with Crippen LogP contribution in [0.3, 0.4) is 0 Å². The van der Waals surface area contributed by atoms with E-state index in [1.54, 1.807) is 7.11 Å². The van der Waals surface area contributed by atoms with Crippen LogP contribution in [0.4, 0.5) is 0 Å². The van der Waals surface area contributed by atoms with Gasteiger partial charge < -0.3 is 10.1 Å². The first-order valence-electron chi connectivity index (χ1n) is 5.18. The van der Waals surface area contributed by atoms with Crippen molar-refractivity contribution in [1.29, 1.82) is 0 Å². The molecule has 1 N–H and O–H groups in total. The standard InChI is InChI=1S/C12H15NO2.ClH/c1-15-10-4-2-9(3-5-10)8-11-12(14)6-7-13-11;/h2-5,11,13H,6-8H2,1H3;1H. The fourth-order valence-corrected chi connectivity index (χ4v) is 1.84. The van der Waals surface area contributed by atoms with Crippen LogP contribution in [-0.4, -0.2) is 25.5 Å². The lowest BCUT2D eigenvalue weighted by molar-refractivity contribution is -0.118. The quantitative estimate of drug-likeness (QED) is 0.874. The molecule has 0 saturated carbocycles. The molecular formula is C12H16ClNO2. The summed E-state index contributed by atoms with van der Waals surface area (Å²) in [5, 5.41) is 3.20. The number of rotatable bonds is 3. The van der Waals surface area contributed by atoms with E-state index in [0.29, 0.717) is 12.2 Å². The van der Waals surface area contributed by atoms with Crippen LogP contribution >= 0.6 is 12.4 Å². The summed E-state index contributed by atoms with van der Waals surface area (Å²) in [6.07, 6.45) is 1.45. The first-order valence-corrected chi connectivity index (χ1v) is 5.18. The van der Waals surface area contributed by atoms with Gasteiger partial charge in [-0.3, -0.25) is 4.79 Å². The van der Waals surface area contributed by atoms with Crippen molar-refractivity contribution < 1.29 is 9.53 Å². The van der Waals surface area contributed by atoms with Crippen molar-refractivity contribution in [2.24, 2.45) is 0 Å². The summed E-state index contributed by atoms with van der Waals surface area (Å²) in [6.45, 7) is 0.819. The molecule has 0 aromatic heterocycles. The average molecular weight is 242 g/mol. The monoisotopic (exact) mass is 241 g/mol. The van der Waals surface area contributed by atoms with Gasteiger partial charge in [-0.15, -0.1) is 12.4 Å². The molecule has 0 spiro atoms. The number of halogens is 1. The van der Waals surface area contributed by atoms with Gasteiger partial charge in [0.1, 0.15) is 5.75 Å². The molecule has 0 bridgehead atoms. The molecule has 1 unspecified atom stereocenters. The maximum Gasteiger partial charge on any atom is 0.151 e. The van der Waals surface area contributed by atoms with Crippen LogP contribution in [0, 0.1) is 0 Å². The number of methoxy groups -OCH3 is 1. The number of hydrogen-bond donors (Lipinski definition) is 1. The van der Waals surface area contributed by atoms with Gasteiger partial charge >= 0.3 is 0 Å². The Morgan fingerprint density at radius 3 is 2.56 bits per heavy atom. The molecule has 1 fully saturated rings. The zero-order chi connectivity index (χ0) is 10.7. The van der Waals surface area contributed by atoms with Crippen molar-refractivity contribution in [3.63, 3.8) is 0 Å². The SMILES string of the molecule is COc1ccc(CC2NCCC2=O)cc1.Cl. The van der Waals surface area contributed by atoms with Crippen LogP contribution in [0.25, 0.3) is 0 Å². The molecule has 3 nitrogen and oxygen atoms in total. The average Bonchev–Trinajstić information content (AvgIpc) is 2.66. The molecule has 0 radical (unpaired) electrons. The number of nitrogens with one attached hydrogen (secondary N) is 1. The van der Waals surface area contributed by atoms with Crippen LogP contribution in [0.15, 0.2) is 24.3 Å². The van der Waals surface area contributed by atoms with Crippen LogP contribution < -0.4 is 10.1 Å². The Hall–Kier alpha value is -1.06. The van der Waals surface area contributed by atoms with E-state index in [9.17, 15) is 4.79 Å². The second kappa shape index (κ2) is 5.87. The minimum atomic E-state index is 0. The Morgan fingerprint density at radius 1 is 1.38 bits per heavy atom. The Balaban J connectivity index is 0.00000128. The lowest BCUT2D eigenvalue weighted by atomic mass is 10.0. The first-order chi connectivity index (χ1) is 7.29. The molecule has 16 heavy (non-hydrogen) atoms. The van der Waals surface area contributed by atoms with Gasteiger partial charge in [-0.05, 0) is 24.1 Å². The van der Waals surface area contributed by atoms with E-state index >= 15 is 0 Å². The molecule has 1 aliphatic rings. The third-order valence-corrected chi connectivity index (χ3v) is 2.75. The van der Waals surface area contributed by atoms with Gasteiger partial charge in [-0.25, -0.2) is 0 Å². The van der Waals surface area contributed by atoms with Gasteiger partial charge in [0.25, 0.3) is 0 Å². The molecule has 1 saturated heterocycles. The lowest BCUT2D eigenvalue weighted by Crippen LogP contribution is -2.29. The summed E-state index contributed by atoms with van der Waals surface area (Å²) in [5.74, 6) is 1.18. The molecule has 88 valence electrons. The Morgan fingerprint density at radius 2 is 2.06 bits per heavy atom. The highest BCUT2D eigenvalue weighted by Gasteiger charge is 2.23. The Labute approximate surface area is 102 Å². The normalized spacial score (nSPS) is 19.3. The number of ether oxygens (including phenoxy) is 1. The maximum absolute atomic E-state index is 11.4. The summed E-state index contributed by atoms with van der Waals surface area (Å²) in [6, 6.07) is 7.88. The van der Waals surface area contributed by atoms with Crippen molar-refractivity contribution in [1.82, 2.24) is 5.32 Å². The van der Waals surface area contributed by atoms with E-state index in [0.717, 1.165) is 18.7 Å². The molecule has 1 heterocycles. The number of ketones is 1. The number of Topliss-reactive ketones (excluding diaryl/α,β-unsaturated/α-hetero) is 1. The van der Waals surface area contributed by atoms with Crippen LogP contribution in [0.1, 0.15) is 12.0 Å². The van der Waals surface area contributed by atoms with Gasteiger partial charge in [0, 0.05) is 13.0 Å². The molecule has 0 amide bonds. The molecule has 0 aliphatic carbocycles. The van der Waals surface area contributed by atoms with Crippen LogP contribution in [0.2, 0.25) is 0 Å². The number of benzene rings is 1. The molecule has 1 aliphatic heterocycles. The van der Waals surface area contributed by atoms with Gasteiger partial charge in [-0.1, -0.05) is 12.1 Å². The van der Waals surface area contributed by atoms with Crippen LogP contribution in [0.5, 0.6) is 5.75 Å². The van der Waals surface area contributed by atoms with E-state index in [4.69, 9.17) is 4.74 Å².